The van der Waals surface area contributed by atoms with Crippen LogP contribution in [-0.4, -0.2) is 43.2 Å². The van der Waals surface area contributed by atoms with Crippen LogP contribution in [0.4, 0.5) is 21.5 Å². The highest BCUT2D eigenvalue weighted by Crippen LogP contribution is 2.49. The molecule has 2 heterocycles. The summed E-state index contributed by atoms with van der Waals surface area (Å²) in [6, 6.07) is 16.5. The molecule has 0 amide bonds. The first-order valence-corrected chi connectivity index (χ1v) is 11.4. The van der Waals surface area contributed by atoms with Crippen LogP contribution < -0.4 is 13.9 Å². The maximum Gasteiger partial charge on any atom is 0.147 e. The Morgan fingerprint density at radius 2 is 1.48 bits per heavy atom. The van der Waals surface area contributed by atoms with Gasteiger partial charge in [0.2, 0.25) is 0 Å². The van der Waals surface area contributed by atoms with Crippen LogP contribution in [-0.2, 0) is 0 Å². The van der Waals surface area contributed by atoms with Gasteiger partial charge in [-0.3, -0.25) is 8.61 Å². The second-order valence-electron chi connectivity index (χ2n) is 8.21. The number of halogens is 1. The van der Waals surface area contributed by atoms with Gasteiger partial charge < -0.3 is 10.2 Å². The van der Waals surface area contributed by atoms with Crippen molar-refractivity contribution >= 4 is 29.2 Å². The third-order valence-corrected chi connectivity index (χ3v) is 6.72. The minimum Gasteiger partial charge on any atom is -0.309 e. The lowest BCUT2D eigenvalue weighted by atomic mass is 10.1. The normalized spacial score (nSPS) is 22.2. The zero-order valence-electron chi connectivity index (χ0n) is 17.4. The highest BCUT2D eigenvalue weighted by atomic mass is 32.2. The molecule has 2 aromatic rings. The van der Waals surface area contributed by atoms with Gasteiger partial charge in [0, 0.05) is 31.7 Å². The zero-order chi connectivity index (χ0) is 20.2. The minimum absolute atomic E-state index is 0.184. The van der Waals surface area contributed by atoms with Gasteiger partial charge in [-0.2, -0.15) is 0 Å². The van der Waals surface area contributed by atoms with E-state index in [1.165, 1.54) is 31.1 Å². The fraction of sp³-hybridized carbons (Fsp3) is 0.478. The number of unbranched alkanes of at least 4 members (excludes halogenated alkanes) is 2. The van der Waals surface area contributed by atoms with Crippen molar-refractivity contribution in [2.75, 3.05) is 34.8 Å². The van der Waals surface area contributed by atoms with Crippen LogP contribution in [0.3, 0.4) is 0 Å². The Morgan fingerprint density at radius 1 is 0.862 bits per heavy atom. The maximum absolute atomic E-state index is 14.4. The predicted octanol–water partition coefficient (Wildman–Crippen LogP) is 5.20. The van der Waals surface area contributed by atoms with Crippen molar-refractivity contribution in [3.05, 3.63) is 54.3 Å². The van der Waals surface area contributed by atoms with E-state index in [0.29, 0.717) is 17.8 Å². The number of nitrogens with zero attached hydrogens (tertiary/aromatic N) is 3. The number of para-hydroxylation sites is 3. The van der Waals surface area contributed by atoms with E-state index in [-0.39, 0.29) is 5.82 Å². The molecule has 2 aliphatic heterocycles. The second-order valence-corrected chi connectivity index (χ2v) is 9.18. The Bertz CT molecular complexity index is 807. The van der Waals surface area contributed by atoms with Gasteiger partial charge >= 0.3 is 0 Å². The third-order valence-electron chi connectivity index (χ3n) is 5.59. The number of nitrogens with one attached hydrogen (secondary N) is 1. The molecule has 156 valence electrons. The quantitative estimate of drug-likeness (QED) is 0.495. The number of rotatable bonds is 7. The Labute approximate surface area is 178 Å². The molecule has 2 aromatic carbocycles. The van der Waals surface area contributed by atoms with Gasteiger partial charge in [-0.05, 0) is 57.5 Å². The summed E-state index contributed by atoms with van der Waals surface area (Å²) >= 11 is 1.60. The monoisotopic (exact) mass is 414 g/mol. The Morgan fingerprint density at radius 3 is 2.21 bits per heavy atom. The summed E-state index contributed by atoms with van der Waals surface area (Å²) < 4.78 is 18.7. The number of piperazine rings is 1. The van der Waals surface area contributed by atoms with Crippen molar-refractivity contribution in [2.24, 2.45) is 0 Å². The molecule has 2 atom stereocenters. The first-order chi connectivity index (χ1) is 14.1. The van der Waals surface area contributed by atoms with E-state index in [0.717, 1.165) is 31.7 Å². The van der Waals surface area contributed by atoms with Gasteiger partial charge in [0.25, 0.3) is 0 Å². The van der Waals surface area contributed by atoms with Gasteiger partial charge in [-0.25, -0.2) is 4.39 Å². The summed E-state index contributed by atoms with van der Waals surface area (Å²) in [5.74, 6) is -0.184. The molecule has 0 radical (unpaired) electrons. The molecule has 0 aliphatic carbocycles. The summed E-state index contributed by atoms with van der Waals surface area (Å²) in [4.78, 5) is 2.59. The zero-order valence-corrected chi connectivity index (χ0v) is 18.2. The summed E-state index contributed by atoms with van der Waals surface area (Å²) in [5, 5.41) is 3.60. The lowest BCUT2D eigenvalue weighted by Crippen LogP contribution is -2.54. The molecule has 0 spiro atoms. The minimum atomic E-state index is -0.184. The van der Waals surface area contributed by atoms with Gasteiger partial charge in [-0.1, -0.05) is 30.7 Å². The predicted molar refractivity (Wildman–Crippen MR) is 122 cm³/mol. The van der Waals surface area contributed by atoms with Gasteiger partial charge in [-0.15, -0.1) is 0 Å². The fourth-order valence-corrected chi connectivity index (χ4v) is 5.50. The largest absolute Gasteiger partial charge is 0.309 e. The van der Waals surface area contributed by atoms with Crippen molar-refractivity contribution in [1.82, 2.24) is 10.2 Å². The highest BCUT2D eigenvalue weighted by molar-refractivity contribution is 8.02. The molecule has 1 fully saturated rings. The fourth-order valence-electron chi connectivity index (χ4n) is 4.38. The van der Waals surface area contributed by atoms with Crippen LogP contribution in [0.25, 0.3) is 0 Å². The highest BCUT2D eigenvalue weighted by Gasteiger charge is 2.29. The van der Waals surface area contributed by atoms with E-state index in [4.69, 9.17) is 0 Å². The van der Waals surface area contributed by atoms with Crippen LogP contribution in [0, 0.1) is 5.82 Å². The topological polar surface area (TPSA) is 21.8 Å². The lowest BCUT2D eigenvalue weighted by Gasteiger charge is -2.36. The number of anilines is 3. The van der Waals surface area contributed by atoms with Crippen LogP contribution >= 0.6 is 12.1 Å². The van der Waals surface area contributed by atoms with E-state index in [1.54, 1.807) is 18.2 Å². The molecule has 4 nitrogen and oxygen atoms in total. The average molecular weight is 415 g/mol. The molecule has 1 N–H and O–H groups in total. The molecule has 0 aromatic heterocycles. The second kappa shape index (κ2) is 9.37. The molecule has 4 rings (SSSR count). The number of benzene rings is 2. The van der Waals surface area contributed by atoms with Crippen molar-refractivity contribution in [1.29, 1.82) is 0 Å². The van der Waals surface area contributed by atoms with Gasteiger partial charge in [0.05, 0.1) is 29.2 Å². The van der Waals surface area contributed by atoms with E-state index >= 15 is 0 Å². The summed E-state index contributed by atoms with van der Waals surface area (Å²) in [7, 11) is 0. The number of hydrogen-bond donors (Lipinski definition) is 1. The first kappa shape index (κ1) is 20.5. The number of hydrogen-bond acceptors (Lipinski definition) is 5. The van der Waals surface area contributed by atoms with E-state index in [9.17, 15) is 4.39 Å². The molecule has 29 heavy (non-hydrogen) atoms. The van der Waals surface area contributed by atoms with Gasteiger partial charge in [0.15, 0.2) is 0 Å². The van der Waals surface area contributed by atoms with Crippen molar-refractivity contribution in [2.45, 2.75) is 45.2 Å². The van der Waals surface area contributed by atoms with E-state index in [2.05, 4.69) is 46.6 Å². The third kappa shape index (κ3) is 4.87. The standard InChI is InChI=1S/C23H31FN4S/c1-18-16-26(17-19(2)25-18)14-8-3-9-15-27-22-12-6-7-13-23(22)28(29-27)21-11-5-4-10-20(21)24/h4-7,10-13,18-19,25H,3,8-9,14-17H2,1-2H3. The smallest absolute Gasteiger partial charge is 0.147 e. The molecule has 6 heteroatoms. The van der Waals surface area contributed by atoms with Crippen LogP contribution in [0.2, 0.25) is 0 Å². The number of fused-ring (bicyclic) bond motifs is 1. The van der Waals surface area contributed by atoms with Crippen LogP contribution in [0.15, 0.2) is 48.5 Å². The van der Waals surface area contributed by atoms with Crippen molar-refractivity contribution in [3.63, 3.8) is 0 Å². The SMILES string of the molecule is CC1CN(CCCCCN2SN(c3ccccc3F)c3ccccc32)CC(C)N1. The molecule has 0 bridgehead atoms. The molecule has 0 saturated carbocycles. The Hall–Kier alpha value is -1.76. The maximum atomic E-state index is 14.4. The summed E-state index contributed by atoms with van der Waals surface area (Å²) in [6.45, 7) is 9.00. The van der Waals surface area contributed by atoms with Crippen molar-refractivity contribution in [3.8, 4) is 0 Å². The molecular weight excluding hydrogens is 383 g/mol. The summed E-state index contributed by atoms with van der Waals surface area (Å²) in [5.41, 5.74) is 2.85. The van der Waals surface area contributed by atoms with E-state index in [1.807, 2.05) is 22.5 Å². The Kier molecular flexibility index (Phi) is 6.63. The molecule has 2 unspecified atom stereocenters. The first-order valence-electron chi connectivity index (χ1n) is 10.7. The molecular formula is C23H31FN4S. The van der Waals surface area contributed by atoms with Crippen LogP contribution in [0.1, 0.15) is 33.1 Å². The lowest BCUT2D eigenvalue weighted by molar-refractivity contribution is 0.171. The Balaban J connectivity index is 1.30. The van der Waals surface area contributed by atoms with Crippen molar-refractivity contribution < 1.29 is 4.39 Å². The van der Waals surface area contributed by atoms with Crippen LogP contribution in [0.5, 0.6) is 0 Å². The summed E-state index contributed by atoms with van der Waals surface area (Å²) in [6.07, 6.45) is 3.59. The van der Waals surface area contributed by atoms with E-state index < -0.39 is 0 Å². The molecule has 1 saturated heterocycles. The average Bonchev–Trinajstić information content (AvgIpc) is 3.06. The molecule has 2 aliphatic rings. The van der Waals surface area contributed by atoms with Gasteiger partial charge in [0.1, 0.15) is 5.82 Å².